The molecule has 0 radical (unpaired) electrons. The quantitative estimate of drug-likeness (QED) is 0.675. The second-order valence-electron chi connectivity index (χ2n) is 6.52. The maximum Gasteiger partial charge on any atom is 0.335 e. The molecule has 1 aliphatic carbocycles. The van der Waals surface area contributed by atoms with E-state index in [-0.39, 0.29) is 0 Å². The molecule has 0 saturated heterocycles. The Bertz CT molecular complexity index is 444. The number of hydrogen-bond acceptors (Lipinski definition) is 2. The molecule has 0 bridgehead atoms. The number of ether oxygens (including phenoxy) is 1. The molecular formula is C19H28O3. The fourth-order valence-corrected chi connectivity index (χ4v) is 3.28. The standard InChI is InChI=1S/C19H28O3/c1-2-3-4-5-15-6-8-16(9-7-15)14-22-18-12-10-17(11-13-18)19(20)21/h10-13,15-16H,2-9,14H2,1H3,(H,20,21). The summed E-state index contributed by atoms with van der Waals surface area (Å²) in [6.45, 7) is 3.02. The molecule has 1 aliphatic rings. The highest BCUT2D eigenvalue weighted by Crippen LogP contribution is 2.32. The largest absolute Gasteiger partial charge is 0.493 e. The Kier molecular flexibility index (Phi) is 6.75. The molecule has 1 fully saturated rings. The molecule has 0 aromatic heterocycles. The van der Waals surface area contributed by atoms with Gasteiger partial charge in [-0.2, -0.15) is 0 Å². The van der Waals surface area contributed by atoms with Crippen LogP contribution in [-0.4, -0.2) is 17.7 Å². The highest BCUT2D eigenvalue weighted by atomic mass is 16.5. The van der Waals surface area contributed by atoms with Crippen LogP contribution in [0.1, 0.15) is 68.6 Å². The van der Waals surface area contributed by atoms with Crippen molar-refractivity contribution in [3.8, 4) is 5.75 Å². The van der Waals surface area contributed by atoms with Gasteiger partial charge in [0.2, 0.25) is 0 Å². The van der Waals surface area contributed by atoms with E-state index < -0.39 is 5.97 Å². The fraction of sp³-hybridized carbons (Fsp3) is 0.632. The highest BCUT2D eigenvalue weighted by Gasteiger charge is 2.21. The van der Waals surface area contributed by atoms with Crippen molar-refractivity contribution in [1.82, 2.24) is 0 Å². The molecule has 3 nitrogen and oxygen atoms in total. The molecule has 0 atom stereocenters. The molecule has 0 unspecified atom stereocenters. The lowest BCUT2D eigenvalue weighted by Crippen LogP contribution is -2.20. The predicted octanol–water partition coefficient (Wildman–Crippen LogP) is 5.15. The lowest BCUT2D eigenvalue weighted by molar-refractivity contribution is 0.0697. The van der Waals surface area contributed by atoms with Crippen LogP contribution in [0.3, 0.4) is 0 Å². The Morgan fingerprint density at radius 2 is 1.73 bits per heavy atom. The molecule has 22 heavy (non-hydrogen) atoms. The van der Waals surface area contributed by atoms with Crippen molar-refractivity contribution in [3.63, 3.8) is 0 Å². The molecule has 1 aromatic carbocycles. The zero-order valence-electron chi connectivity index (χ0n) is 13.6. The molecule has 1 aromatic rings. The van der Waals surface area contributed by atoms with E-state index in [9.17, 15) is 4.79 Å². The summed E-state index contributed by atoms with van der Waals surface area (Å²) in [4.78, 5) is 10.8. The Morgan fingerprint density at radius 3 is 2.32 bits per heavy atom. The monoisotopic (exact) mass is 304 g/mol. The van der Waals surface area contributed by atoms with Crippen LogP contribution in [-0.2, 0) is 0 Å². The summed E-state index contributed by atoms with van der Waals surface area (Å²) in [5.74, 6) is 1.46. The van der Waals surface area contributed by atoms with Crippen molar-refractivity contribution in [1.29, 1.82) is 0 Å². The van der Waals surface area contributed by atoms with E-state index in [4.69, 9.17) is 9.84 Å². The lowest BCUT2D eigenvalue weighted by Gasteiger charge is -2.28. The number of rotatable bonds is 8. The third kappa shape index (κ3) is 5.36. The summed E-state index contributed by atoms with van der Waals surface area (Å²) in [5.41, 5.74) is 0.305. The first-order chi connectivity index (χ1) is 10.7. The summed E-state index contributed by atoms with van der Waals surface area (Å²) in [6.07, 6.45) is 10.7. The Balaban J connectivity index is 1.67. The van der Waals surface area contributed by atoms with Gasteiger partial charge in [0.1, 0.15) is 5.75 Å². The predicted molar refractivity (Wildman–Crippen MR) is 88.5 cm³/mol. The van der Waals surface area contributed by atoms with Gasteiger partial charge in [0.25, 0.3) is 0 Å². The molecule has 122 valence electrons. The van der Waals surface area contributed by atoms with E-state index in [1.807, 2.05) is 0 Å². The number of hydrogen-bond donors (Lipinski definition) is 1. The number of carboxylic acid groups (broad SMARTS) is 1. The van der Waals surface area contributed by atoms with Crippen molar-refractivity contribution in [2.45, 2.75) is 58.3 Å². The molecule has 3 heteroatoms. The van der Waals surface area contributed by atoms with E-state index in [1.165, 1.54) is 51.4 Å². The van der Waals surface area contributed by atoms with Gasteiger partial charge < -0.3 is 9.84 Å². The van der Waals surface area contributed by atoms with Crippen LogP contribution in [0, 0.1) is 11.8 Å². The van der Waals surface area contributed by atoms with E-state index in [0.717, 1.165) is 18.3 Å². The van der Waals surface area contributed by atoms with Gasteiger partial charge in [0.15, 0.2) is 0 Å². The highest BCUT2D eigenvalue weighted by molar-refractivity contribution is 5.87. The zero-order chi connectivity index (χ0) is 15.8. The number of carbonyl (C=O) groups is 1. The summed E-state index contributed by atoms with van der Waals surface area (Å²) < 4.78 is 5.82. The summed E-state index contributed by atoms with van der Waals surface area (Å²) in [6, 6.07) is 6.70. The van der Waals surface area contributed by atoms with Gasteiger partial charge in [-0.15, -0.1) is 0 Å². The molecule has 0 aliphatic heterocycles. The minimum absolute atomic E-state index is 0.305. The van der Waals surface area contributed by atoms with Gasteiger partial charge >= 0.3 is 5.97 Å². The van der Waals surface area contributed by atoms with Crippen LogP contribution in [0.15, 0.2) is 24.3 Å². The molecular weight excluding hydrogens is 276 g/mol. The summed E-state index contributed by atoms with van der Waals surface area (Å²) in [7, 11) is 0. The van der Waals surface area contributed by atoms with E-state index in [1.54, 1.807) is 24.3 Å². The normalized spacial score (nSPS) is 21.5. The van der Waals surface area contributed by atoms with Crippen LogP contribution in [0.5, 0.6) is 5.75 Å². The average molecular weight is 304 g/mol. The SMILES string of the molecule is CCCCCC1CCC(COc2ccc(C(=O)O)cc2)CC1. The summed E-state index contributed by atoms with van der Waals surface area (Å²) in [5, 5.41) is 8.87. The molecule has 1 N–H and O–H groups in total. The first kappa shape index (κ1) is 16.9. The van der Waals surface area contributed by atoms with Crippen LogP contribution in [0.2, 0.25) is 0 Å². The summed E-state index contributed by atoms with van der Waals surface area (Å²) >= 11 is 0. The first-order valence-electron chi connectivity index (χ1n) is 8.65. The van der Waals surface area contributed by atoms with Crippen LogP contribution < -0.4 is 4.74 Å². The minimum Gasteiger partial charge on any atom is -0.493 e. The Hall–Kier alpha value is -1.51. The zero-order valence-corrected chi connectivity index (χ0v) is 13.6. The number of benzene rings is 1. The maximum absolute atomic E-state index is 10.8. The number of aromatic carboxylic acids is 1. The van der Waals surface area contributed by atoms with Gasteiger partial charge in [-0.25, -0.2) is 4.79 Å². The van der Waals surface area contributed by atoms with Crippen molar-refractivity contribution < 1.29 is 14.6 Å². The molecule has 0 heterocycles. The van der Waals surface area contributed by atoms with E-state index >= 15 is 0 Å². The van der Waals surface area contributed by atoms with Crippen LogP contribution in [0.4, 0.5) is 0 Å². The van der Waals surface area contributed by atoms with Gasteiger partial charge in [0, 0.05) is 0 Å². The van der Waals surface area contributed by atoms with Gasteiger partial charge in [-0.3, -0.25) is 0 Å². The average Bonchev–Trinajstić information content (AvgIpc) is 2.55. The first-order valence-corrected chi connectivity index (χ1v) is 8.65. The number of carboxylic acids is 1. The smallest absolute Gasteiger partial charge is 0.335 e. The van der Waals surface area contributed by atoms with Gasteiger partial charge in [-0.05, 0) is 48.9 Å². The van der Waals surface area contributed by atoms with Crippen molar-refractivity contribution in [2.24, 2.45) is 11.8 Å². The third-order valence-corrected chi connectivity index (χ3v) is 4.77. The second-order valence-corrected chi connectivity index (χ2v) is 6.52. The van der Waals surface area contributed by atoms with E-state index in [2.05, 4.69) is 6.92 Å². The molecule has 0 amide bonds. The van der Waals surface area contributed by atoms with Crippen molar-refractivity contribution >= 4 is 5.97 Å². The lowest BCUT2D eigenvalue weighted by atomic mass is 9.80. The third-order valence-electron chi connectivity index (χ3n) is 4.77. The van der Waals surface area contributed by atoms with Gasteiger partial charge in [-0.1, -0.05) is 45.4 Å². The molecule has 0 spiro atoms. The van der Waals surface area contributed by atoms with Crippen LogP contribution in [0.25, 0.3) is 0 Å². The minimum atomic E-state index is -0.895. The fourth-order valence-electron chi connectivity index (χ4n) is 3.28. The molecule has 1 saturated carbocycles. The number of unbranched alkanes of at least 4 members (excludes halogenated alkanes) is 2. The van der Waals surface area contributed by atoms with E-state index in [0.29, 0.717) is 11.5 Å². The van der Waals surface area contributed by atoms with Gasteiger partial charge in [0.05, 0.1) is 12.2 Å². The molecule has 2 rings (SSSR count). The Morgan fingerprint density at radius 1 is 1.09 bits per heavy atom. The topological polar surface area (TPSA) is 46.5 Å². The van der Waals surface area contributed by atoms with Crippen LogP contribution >= 0.6 is 0 Å². The van der Waals surface area contributed by atoms with Crippen molar-refractivity contribution in [3.05, 3.63) is 29.8 Å². The van der Waals surface area contributed by atoms with Crippen molar-refractivity contribution in [2.75, 3.05) is 6.61 Å². The maximum atomic E-state index is 10.8. The second kappa shape index (κ2) is 8.82. The Labute approximate surface area is 133 Å².